The van der Waals surface area contributed by atoms with Crippen LogP contribution in [0.15, 0.2) is 32.9 Å². The molecular formula is C17H19BrFN5O3. The second-order valence-corrected chi connectivity index (χ2v) is 6.68. The quantitative estimate of drug-likeness (QED) is 0.635. The van der Waals surface area contributed by atoms with E-state index in [0.29, 0.717) is 42.4 Å². The van der Waals surface area contributed by atoms with Crippen molar-refractivity contribution in [2.24, 2.45) is 5.73 Å². The molecule has 1 aliphatic rings. The van der Waals surface area contributed by atoms with Crippen molar-refractivity contribution in [3.63, 3.8) is 0 Å². The van der Waals surface area contributed by atoms with Crippen molar-refractivity contribution in [2.45, 2.75) is 19.8 Å². The highest BCUT2D eigenvalue weighted by molar-refractivity contribution is 9.10. The van der Waals surface area contributed by atoms with Crippen molar-refractivity contribution in [1.29, 1.82) is 0 Å². The summed E-state index contributed by atoms with van der Waals surface area (Å²) in [6, 6.07) is 4.27. The van der Waals surface area contributed by atoms with Crippen molar-refractivity contribution >= 4 is 39.2 Å². The van der Waals surface area contributed by atoms with E-state index in [1.165, 1.54) is 23.1 Å². The minimum atomic E-state index is -0.586. The van der Waals surface area contributed by atoms with Gasteiger partial charge in [0.05, 0.1) is 15.9 Å². The zero-order valence-corrected chi connectivity index (χ0v) is 16.3. The Kier molecular flexibility index (Phi) is 6.07. The number of aromatic nitrogens is 2. The Balaban J connectivity index is 2.07. The van der Waals surface area contributed by atoms with E-state index >= 15 is 0 Å². The molecule has 27 heavy (non-hydrogen) atoms. The molecule has 0 aliphatic carbocycles. The summed E-state index contributed by atoms with van der Waals surface area (Å²) in [7, 11) is 0. The van der Waals surface area contributed by atoms with Crippen LogP contribution in [0.2, 0.25) is 0 Å². The molecular weight excluding hydrogens is 421 g/mol. The number of nitrogens with one attached hydrogen (secondary N) is 1. The molecule has 0 atom stereocenters. The third-order valence-corrected chi connectivity index (χ3v) is 4.69. The van der Waals surface area contributed by atoms with Gasteiger partial charge in [0, 0.05) is 6.54 Å². The number of ether oxygens (including phenoxy) is 1. The predicted molar refractivity (Wildman–Crippen MR) is 102 cm³/mol. The molecule has 1 aromatic carbocycles. The van der Waals surface area contributed by atoms with Gasteiger partial charge in [-0.2, -0.15) is 0 Å². The van der Waals surface area contributed by atoms with Gasteiger partial charge in [0.15, 0.2) is 5.69 Å². The molecule has 0 fully saturated rings. The molecule has 0 saturated carbocycles. The Labute approximate surface area is 163 Å². The number of hydrogen-bond acceptors (Lipinski definition) is 7. The van der Waals surface area contributed by atoms with E-state index in [4.69, 9.17) is 15.1 Å². The van der Waals surface area contributed by atoms with Crippen molar-refractivity contribution < 1.29 is 18.6 Å². The number of carbonyl (C=O) groups is 1. The highest BCUT2D eigenvalue weighted by atomic mass is 79.9. The summed E-state index contributed by atoms with van der Waals surface area (Å²) >= 11 is 3.15. The highest BCUT2D eigenvalue weighted by Crippen LogP contribution is 2.37. The smallest absolute Gasteiger partial charge is 0.419 e. The molecule has 1 amide bonds. The fraction of sp³-hybridized carbons (Fsp3) is 0.353. The molecule has 0 radical (unpaired) electrons. The first kappa shape index (κ1) is 19.3. The largest absolute Gasteiger partial charge is 0.444 e. The monoisotopic (exact) mass is 439 g/mol. The first-order valence-corrected chi connectivity index (χ1v) is 9.27. The number of nitrogens with zero attached hydrogens (tertiary/aromatic N) is 3. The lowest BCUT2D eigenvalue weighted by Gasteiger charge is -2.30. The van der Waals surface area contributed by atoms with Crippen LogP contribution in [0, 0.1) is 5.82 Å². The molecule has 3 N–H and O–H groups in total. The maximum atomic E-state index is 13.7. The number of amides is 1. The summed E-state index contributed by atoms with van der Waals surface area (Å²) in [5.41, 5.74) is 7.70. The maximum Gasteiger partial charge on any atom is 0.419 e. The fourth-order valence-corrected chi connectivity index (χ4v) is 3.07. The van der Waals surface area contributed by atoms with Gasteiger partial charge in [-0.05, 0) is 69.4 Å². The van der Waals surface area contributed by atoms with Gasteiger partial charge < -0.3 is 15.8 Å². The number of halogens is 2. The van der Waals surface area contributed by atoms with Crippen LogP contribution in [0.3, 0.4) is 0 Å². The van der Waals surface area contributed by atoms with Crippen LogP contribution in [-0.2, 0) is 4.74 Å². The lowest BCUT2D eigenvalue weighted by atomic mass is 10.1. The Morgan fingerprint density at radius 2 is 2.22 bits per heavy atom. The average Bonchev–Trinajstić information content (AvgIpc) is 3.12. The van der Waals surface area contributed by atoms with Crippen molar-refractivity contribution in [3.8, 4) is 0 Å². The lowest BCUT2D eigenvalue weighted by Crippen LogP contribution is -2.36. The summed E-state index contributed by atoms with van der Waals surface area (Å²) in [6.45, 7) is 3.19. The normalized spacial score (nSPS) is 14.5. The molecule has 0 bridgehead atoms. The molecule has 2 aromatic rings. The van der Waals surface area contributed by atoms with Crippen molar-refractivity contribution in [1.82, 2.24) is 10.3 Å². The van der Waals surface area contributed by atoms with E-state index in [9.17, 15) is 9.18 Å². The van der Waals surface area contributed by atoms with Crippen LogP contribution >= 0.6 is 15.9 Å². The van der Waals surface area contributed by atoms with Gasteiger partial charge in [0.2, 0.25) is 5.82 Å². The molecule has 8 nitrogen and oxygen atoms in total. The number of rotatable bonds is 7. The third kappa shape index (κ3) is 3.96. The van der Waals surface area contributed by atoms with Crippen LogP contribution in [0.1, 0.15) is 25.5 Å². The van der Waals surface area contributed by atoms with Crippen LogP contribution in [0.4, 0.5) is 20.7 Å². The topological polar surface area (TPSA) is 107 Å². The van der Waals surface area contributed by atoms with Gasteiger partial charge in [0.25, 0.3) is 0 Å². The summed E-state index contributed by atoms with van der Waals surface area (Å²) in [5.74, 6) is -0.0251. The number of nitrogens with two attached hydrogens (primary N) is 1. The number of carbonyl (C=O) groups excluding carboxylic acids is 1. The Morgan fingerprint density at radius 3 is 2.93 bits per heavy atom. The zero-order chi connectivity index (χ0) is 19.4. The zero-order valence-electron chi connectivity index (χ0n) is 14.7. The second-order valence-electron chi connectivity index (χ2n) is 5.82. The van der Waals surface area contributed by atoms with Gasteiger partial charge >= 0.3 is 6.09 Å². The molecule has 3 rings (SSSR count). The van der Waals surface area contributed by atoms with E-state index < -0.39 is 11.9 Å². The summed E-state index contributed by atoms with van der Waals surface area (Å²) in [5, 5.41) is 11.0. The molecule has 0 saturated heterocycles. The molecule has 1 aliphatic heterocycles. The molecule has 144 valence electrons. The molecule has 2 heterocycles. The van der Waals surface area contributed by atoms with E-state index in [1.54, 1.807) is 0 Å². The van der Waals surface area contributed by atoms with Crippen LogP contribution < -0.4 is 16.0 Å². The number of hydrogen-bond donors (Lipinski definition) is 2. The average molecular weight is 440 g/mol. The third-order valence-electron chi connectivity index (χ3n) is 4.09. The van der Waals surface area contributed by atoms with Crippen LogP contribution in [-0.4, -0.2) is 36.1 Å². The van der Waals surface area contributed by atoms with Gasteiger partial charge in [-0.1, -0.05) is 6.92 Å². The van der Waals surface area contributed by atoms with E-state index in [2.05, 4.69) is 31.6 Å². The van der Waals surface area contributed by atoms with Crippen molar-refractivity contribution in [2.75, 3.05) is 29.9 Å². The summed E-state index contributed by atoms with van der Waals surface area (Å²) < 4.78 is 24.1. The van der Waals surface area contributed by atoms with E-state index in [1.807, 2.05) is 6.92 Å². The minimum absolute atomic E-state index is 0.138. The molecule has 0 unspecified atom stereocenters. The summed E-state index contributed by atoms with van der Waals surface area (Å²) in [6.07, 6.45) is 0.774. The predicted octanol–water partition coefficient (Wildman–Crippen LogP) is 3.51. The maximum absolute atomic E-state index is 13.7. The summed E-state index contributed by atoms with van der Waals surface area (Å²) in [4.78, 5) is 13.9. The molecule has 10 heteroatoms. The Morgan fingerprint density at radius 1 is 1.41 bits per heavy atom. The van der Waals surface area contributed by atoms with Gasteiger partial charge in [0.1, 0.15) is 12.4 Å². The van der Waals surface area contributed by atoms with Crippen LogP contribution in [0.25, 0.3) is 5.70 Å². The number of cyclic esters (lactones) is 1. The van der Waals surface area contributed by atoms with Gasteiger partial charge in [-0.3, -0.25) is 0 Å². The van der Waals surface area contributed by atoms with E-state index in [0.717, 1.165) is 12.0 Å². The standard InChI is InChI=1S/C17H19BrFN5O3/c1-2-10-9-26-17(25)24(11-4-5-13(19)12(18)8-11)15(10)14-16(23-27-22-14)21-7-3-6-20/h4-5,8H,2-3,6-7,9,20H2,1H3,(H,21,23). The Hall–Kier alpha value is -2.46. The first-order chi connectivity index (χ1) is 13.1. The van der Waals surface area contributed by atoms with Gasteiger partial charge in [-0.15, -0.1) is 0 Å². The van der Waals surface area contributed by atoms with Gasteiger partial charge in [-0.25, -0.2) is 18.7 Å². The fourth-order valence-electron chi connectivity index (χ4n) is 2.70. The van der Waals surface area contributed by atoms with E-state index in [-0.39, 0.29) is 11.1 Å². The molecule has 0 spiro atoms. The first-order valence-electron chi connectivity index (χ1n) is 8.47. The van der Waals surface area contributed by atoms with Crippen molar-refractivity contribution in [3.05, 3.63) is 39.8 Å². The lowest BCUT2D eigenvalue weighted by molar-refractivity contribution is 0.162. The minimum Gasteiger partial charge on any atom is -0.444 e. The SMILES string of the molecule is CCC1=C(c2nonc2NCCCN)N(c2ccc(F)c(Br)c2)C(=O)OC1. The van der Waals surface area contributed by atoms with Crippen LogP contribution in [0.5, 0.6) is 0 Å². The number of anilines is 2. The number of benzene rings is 1. The Bertz CT molecular complexity index is 870. The highest BCUT2D eigenvalue weighted by Gasteiger charge is 2.34. The second kappa shape index (κ2) is 8.49. The molecule has 1 aromatic heterocycles.